The average molecular weight is 1420 g/mol. The number of rotatable bonds is 28. The third kappa shape index (κ3) is 68.1. The number of esters is 1. The molecule has 2 aromatic carbocycles. The number of hydrogen-bond acceptors (Lipinski definition) is 21. The van der Waals surface area contributed by atoms with Crippen molar-refractivity contribution in [1.29, 1.82) is 0 Å². The van der Waals surface area contributed by atoms with Crippen molar-refractivity contribution >= 4 is 85.0 Å². The Morgan fingerprint density at radius 2 is 0.811 bits per heavy atom. The van der Waals surface area contributed by atoms with Crippen molar-refractivity contribution in [3.8, 4) is 0 Å². The highest BCUT2D eigenvalue weighted by molar-refractivity contribution is 5.86. The summed E-state index contributed by atoms with van der Waals surface area (Å²) in [6.07, 6.45) is -4.20. The number of benzene rings is 2. The van der Waals surface area contributed by atoms with Crippen molar-refractivity contribution in [1.82, 2.24) is 26.6 Å². The summed E-state index contributed by atoms with van der Waals surface area (Å²) in [6.45, 7) is 27.7. The number of unbranched alkanes of at least 4 members (excludes halogenated alkanes) is 3. The summed E-state index contributed by atoms with van der Waals surface area (Å²) in [4.78, 5) is 112. The highest BCUT2D eigenvalue weighted by Gasteiger charge is 2.28. The van der Waals surface area contributed by atoms with E-state index in [1.54, 1.807) is 83.1 Å². The van der Waals surface area contributed by atoms with Gasteiger partial charge in [-0.3, -0.25) is 24.0 Å². The lowest BCUT2D eigenvalue weighted by Gasteiger charge is -2.22. The minimum atomic E-state index is -3.30. The Morgan fingerprint density at radius 1 is 0.474 bits per heavy atom. The number of amides is 4. The Bertz CT molecular complexity index is 3220. The largest absolute Gasteiger partial charge is 0.519 e. The maximum atomic E-state index is 12.0. The Kier molecular flexibility index (Phi) is 38.7. The van der Waals surface area contributed by atoms with Gasteiger partial charge in [-0.05, 0) is 220 Å². The number of halogens is 2. The number of carboxylic acids is 3. The van der Waals surface area contributed by atoms with Gasteiger partial charge in [-0.1, -0.05) is 66.8 Å². The van der Waals surface area contributed by atoms with E-state index in [0.29, 0.717) is 19.3 Å². The highest BCUT2D eigenvalue weighted by Crippen LogP contribution is 2.18. The number of carbonyl (C=O) groups is 10. The molecule has 0 unspecified atom stereocenters. The van der Waals surface area contributed by atoms with Crippen LogP contribution in [-0.2, 0) is 69.9 Å². The van der Waals surface area contributed by atoms with Gasteiger partial charge in [0, 0.05) is 6.85 Å². The quantitative estimate of drug-likeness (QED) is 0.0165. The molecule has 95 heavy (non-hydrogen) atoms. The molecule has 0 fully saturated rings. The standard InChI is InChI=1S/C15H20O4.C12H25N3O3.C12H24N2O4.C10H18O5.C9H11NO2.C7H17N3O.2ClH/c1-15(2,3)19-13(16)10-12(14(17)18)9-11-7-5-4-6-8-11;1-12(2,3)18-11(17)15-9(10(13)16)7-5-6-8-14-4;1-12(2,3)18-11(17)14-9(10(15)16)7-5-6-8-13-4;1-9(2,3)14-7(11)13-8(12)15-10(4,5)6;10-8(9(11)12)6-7-4-2-1-3-5-7;1-10-5-3-2-4-6(8)7(9)11;;/h4-8,12H,9-10H2,1-3H3,(H,17,18);9,14H,5-8H2,1-4H3,(H2,13,16)(H,15,17);9,13H,5-8H2,1-4H3,(H,14,17)(H,15,16);1-6H3;1-5,8H,6,10H2,(H,11,12);6,10H,2-5,8H2,1H3,(H2,9,11);2*1H/t12-;2*9-;;8-;6-;;/m100.00../s1/i4D,5D,6D,7D,8D,9D2,12D;;;;1D,2D,3D,4D,5D,6D2,8D;;;. The molecule has 0 saturated heterocycles. The Hall–Kier alpha value is -7.08. The van der Waals surface area contributed by atoms with Crippen LogP contribution in [0.4, 0.5) is 19.2 Å². The molecular formula is C65H117Cl2N9O19. The fourth-order valence-corrected chi connectivity index (χ4v) is 5.82. The number of aliphatic carboxylic acids is 3. The fraction of sp³-hybridized carbons (Fsp3) is 0.662. The van der Waals surface area contributed by atoms with Crippen molar-refractivity contribution < 1.29 is 114 Å². The third-order valence-electron chi connectivity index (χ3n) is 9.63. The molecular weight excluding hydrogens is 1280 g/mol. The van der Waals surface area contributed by atoms with E-state index in [-0.39, 0.29) is 24.8 Å². The SMILES string of the molecule is CC(C)(C)OC(=O)OC(=O)OC(C)(C)C.CNCCCC[C@H](N)C(N)=O.CNCCCC[C@H](NC(=O)OC(C)(C)C)C(=O)O.CNCCCC[C@H](NC(=O)OC(C)(C)C)C(N)=O.Cl.Cl.[2H]c1c([2H])c([2H])c(C([2H])([2H])[C@]([2H])(CC(=O)OC(C)(C)C)C(=O)O)c([2H])c1[2H].[2H]c1c([2H])c([2H])c(C([2H])([2H])[C@]([2H])(N)C(=O)O)c([2H])c1[2H]. The van der Waals surface area contributed by atoms with Crippen LogP contribution in [0.3, 0.4) is 0 Å². The van der Waals surface area contributed by atoms with Crippen molar-refractivity contribution in [3.63, 3.8) is 0 Å². The van der Waals surface area contributed by atoms with Crippen LogP contribution < -0.4 is 49.5 Å². The molecule has 0 bridgehead atoms. The first-order valence-electron chi connectivity index (χ1n) is 37.3. The molecule has 0 aromatic heterocycles. The number of hydrogen-bond donors (Lipinski definition) is 12. The van der Waals surface area contributed by atoms with Crippen LogP contribution in [0.5, 0.6) is 0 Å². The predicted octanol–water partition coefficient (Wildman–Crippen LogP) is 8.32. The van der Waals surface area contributed by atoms with Crippen LogP contribution in [0, 0.1) is 5.89 Å². The lowest BCUT2D eigenvalue weighted by Crippen LogP contribution is -2.46. The molecule has 16 N–H and O–H groups in total. The second kappa shape index (κ2) is 53.1. The van der Waals surface area contributed by atoms with Gasteiger partial charge in [0.25, 0.3) is 0 Å². The van der Waals surface area contributed by atoms with Gasteiger partial charge in [0.15, 0.2) is 0 Å². The normalized spacial score (nSPS) is 15.7. The van der Waals surface area contributed by atoms with E-state index in [9.17, 15) is 53.1 Å². The molecule has 30 heteroatoms. The van der Waals surface area contributed by atoms with Gasteiger partial charge >= 0.3 is 48.4 Å². The van der Waals surface area contributed by atoms with Gasteiger partial charge in [-0.25, -0.2) is 24.0 Å². The first-order chi connectivity index (χ1) is 49.0. The number of nitrogens with two attached hydrogens (primary N) is 4. The lowest BCUT2D eigenvalue weighted by molar-refractivity contribution is -0.159. The summed E-state index contributed by atoms with van der Waals surface area (Å²) < 4.78 is 152. The Labute approximate surface area is 597 Å². The zero-order valence-corrected chi connectivity index (χ0v) is 59.6. The second-order valence-corrected chi connectivity index (χ2v) is 24.5. The molecule has 2 rings (SSSR count). The Balaban J connectivity index is -0.000000303. The smallest absolute Gasteiger partial charge is 0.481 e. The van der Waals surface area contributed by atoms with Gasteiger partial charge in [0.05, 0.1) is 33.4 Å². The first-order valence-corrected chi connectivity index (χ1v) is 29.3. The average Bonchev–Trinajstić information content (AvgIpc) is 0.744. The first kappa shape index (κ1) is 69.3. The van der Waals surface area contributed by atoms with E-state index in [2.05, 4.69) is 31.3 Å². The summed E-state index contributed by atoms with van der Waals surface area (Å²) in [6, 6.07) is -14.0. The van der Waals surface area contributed by atoms with Gasteiger partial charge in [0.1, 0.15) is 46.1 Å². The molecule has 0 aliphatic carbocycles. The minimum absolute atomic E-state index is 0. The number of carbonyl (C=O) groups excluding carboxylic acids is 7. The molecule has 550 valence electrons. The summed E-state index contributed by atoms with van der Waals surface area (Å²) >= 11 is 0. The van der Waals surface area contributed by atoms with Crippen LogP contribution in [0.25, 0.3) is 0 Å². The van der Waals surface area contributed by atoms with Gasteiger partial charge in [-0.15, -0.1) is 24.8 Å². The maximum Gasteiger partial charge on any atom is 0.519 e. The van der Waals surface area contributed by atoms with Crippen LogP contribution in [-0.4, -0.2) is 168 Å². The molecule has 0 saturated carbocycles. The summed E-state index contributed by atoms with van der Waals surface area (Å²) in [7, 11) is 5.60. The van der Waals surface area contributed by atoms with E-state index >= 15 is 0 Å². The summed E-state index contributed by atoms with van der Waals surface area (Å²) in [5.74, 6) is -10.4. The topological polar surface area (TPSA) is 451 Å². The molecule has 0 spiro atoms. The third-order valence-corrected chi connectivity index (χ3v) is 9.63. The number of primary amides is 2. The molecule has 0 radical (unpaired) electrons. The zero-order valence-electron chi connectivity index (χ0n) is 73.9. The molecule has 0 aliphatic heterocycles. The summed E-state index contributed by atoms with van der Waals surface area (Å²) in [5, 5.41) is 41.1. The predicted molar refractivity (Wildman–Crippen MR) is 369 cm³/mol. The minimum Gasteiger partial charge on any atom is -0.481 e. The van der Waals surface area contributed by atoms with Gasteiger partial charge in [0.2, 0.25) is 11.8 Å². The van der Waals surface area contributed by atoms with Crippen molar-refractivity contribution in [2.45, 2.75) is 233 Å². The van der Waals surface area contributed by atoms with Crippen molar-refractivity contribution in [2.75, 3.05) is 40.8 Å². The Morgan fingerprint density at radius 3 is 1.12 bits per heavy atom. The molecule has 5 atom stereocenters. The molecule has 4 amide bonds. The van der Waals surface area contributed by atoms with E-state index in [0.717, 1.165) is 58.2 Å². The van der Waals surface area contributed by atoms with Crippen LogP contribution in [0.15, 0.2) is 60.4 Å². The fourth-order valence-electron chi connectivity index (χ4n) is 5.82. The van der Waals surface area contributed by atoms with Crippen LogP contribution in [0.1, 0.15) is 201 Å². The lowest BCUT2D eigenvalue weighted by atomic mass is 9.96. The van der Waals surface area contributed by atoms with E-state index in [1.165, 1.54) is 20.8 Å². The van der Waals surface area contributed by atoms with E-state index in [1.807, 2.05) is 21.1 Å². The van der Waals surface area contributed by atoms with E-state index in [4.69, 9.17) is 78.8 Å². The second-order valence-electron chi connectivity index (χ2n) is 24.5. The number of nitrogens with one attached hydrogen (secondary N) is 5. The molecule has 2 aromatic rings. The van der Waals surface area contributed by atoms with Gasteiger partial charge in [-0.2, -0.15) is 0 Å². The van der Waals surface area contributed by atoms with Gasteiger partial charge < -0.3 is 93.3 Å². The highest BCUT2D eigenvalue weighted by atomic mass is 35.5. The number of carboxylic acid groups (broad SMARTS) is 3. The monoisotopic (exact) mass is 1410 g/mol. The summed E-state index contributed by atoms with van der Waals surface area (Å²) in [5.41, 5.74) is 15.1. The van der Waals surface area contributed by atoms with Crippen molar-refractivity contribution in [3.05, 3.63) is 71.6 Å². The molecule has 0 aliphatic rings. The van der Waals surface area contributed by atoms with Crippen LogP contribution >= 0.6 is 24.8 Å². The van der Waals surface area contributed by atoms with E-state index < -0.39 is 209 Å². The number of ether oxygens (including phenoxy) is 6. The molecule has 0 heterocycles. The van der Waals surface area contributed by atoms with Crippen LogP contribution in [0.2, 0.25) is 0 Å². The number of alkyl carbamates (subject to hydrolysis) is 2. The van der Waals surface area contributed by atoms with Crippen molar-refractivity contribution in [2.24, 2.45) is 28.8 Å². The maximum absolute atomic E-state index is 12.0. The molecule has 28 nitrogen and oxygen atoms in total. The zero-order chi connectivity index (χ0) is 86.9.